The average molecular weight is 567 g/mol. The van der Waals surface area contributed by atoms with E-state index in [0.29, 0.717) is 24.1 Å². The molecule has 0 bridgehead atoms. The van der Waals surface area contributed by atoms with Gasteiger partial charge in [-0.3, -0.25) is 9.36 Å². The number of unbranched alkanes of at least 4 members (excludes halogenated alkanes) is 1. The summed E-state index contributed by atoms with van der Waals surface area (Å²) in [6.45, 7) is 10.9. The summed E-state index contributed by atoms with van der Waals surface area (Å²) in [6, 6.07) is 0. The normalized spacial score (nSPS) is 16.5. The minimum atomic E-state index is -4.03. The van der Waals surface area contributed by atoms with Gasteiger partial charge >= 0.3 is 19.5 Å². The first-order valence-corrected chi connectivity index (χ1v) is 14.9. The van der Waals surface area contributed by atoms with Gasteiger partial charge in [0.15, 0.2) is 11.5 Å². The molecule has 0 spiro atoms. The summed E-state index contributed by atoms with van der Waals surface area (Å²) in [5.74, 6) is -1.60. The standard InChI is InChI=1S/C25H39N6O7P/c1-6-7-12-35-24(33)25(4,5)30-39(34,38-18(3)23(32)37-19-10-8-9-11-19)16-36-17(2)13-31-15-29-20-21(26)27-14-28-22(20)31/h14-15,17,19H,3,6-13,16H2,1-2,4-5H3,(H,30,34)(H2,26,27,28)/t17-,39-/m1/s1. The van der Waals surface area contributed by atoms with Gasteiger partial charge in [0.05, 0.1) is 25.6 Å². The zero-order valence-electron chi connectivity index (χ0n) is 23.1. The summed E-state index contributed by atoms with van der Waals surface area (Å²) in [5, 5.41) is 2.74. The van der Waals surface area contributed by atoms with E-state index in [0.717, 1.165) is 32.1 Å². The van der Waals surface area contributed by atoms with Crippen LogP contribution >= 0.6 is 7.52 Å². The highest BCUT2D eigenvalue weighted by Gasteiger charge is 2.40. The van der Waals surface area contributed by atoms with Gasteiger partial charge in [0.25, 0.3) is 0 Å². The number of esters is 2. The van der Waals surface area contributed by atoms with Gasteiger partial charge in [0.2, 0.25) is 5.76 Å². The van der Waals surface area contributed by atoms with Crippen LogP contribution in [0.1, 0.15) is 66.2 Å². The molecule has 1 fully saturated rings. The number of imidazole rings is 1. The van der Waals surface area contributed by atoms with E-state index in [9.17, 15) is 14.2 Å². The van der Waals surface area contributed by atoms with Crippen molar-refractivity contribution in [3.8, 4) is 0 Å². The Morgan fingerprint density at radius 3 is 2.69 bits per heavy atom. The van der Waals surface area contributed by atoms with E-state index in [4.69, 9.17) is 24.5 Å². The van der Waals surface area contributed by atoms with Crippen LogP contribution in [0, 0.1) is 0 Å². The zero-order chi connectivity index (χ0) is 28.6. The largest absolute Gasteiger partial charge is 0.464 e. The monoisotopic (exact) mass is 566 g/mol. The van der Waals surface area contributed by atoms with Crippen molar-refractivity contribution in [3.05, 3.63) is 25.0 Å². The number of hydrogen-bond donors (Lipinski definition) is 2. The molecule has 1 aliphatic rings. The number of anilines is 1. The summed E-state index contributed by atoms with van der Waals surface area (Å²) >= 11 is 0. The molecule has 3 N–H and O–H groups in total. The van der Waals surface area contributed by atoms with E-state index in [1.165, 1.54) is 20.2 Å². The van der Waals surface area contributed by atoms with Gasteiger partial charge in [0, 0.05) is 0 Å². The van der Waals surface area contributed by atoms with E-state index >= 15 is 0 Å². The molecular weight excluding hydrogens is 527 g/mol. The molecule has 2 atom stereocenters. The van der Waals surface area contributed by atoms with E-state index < -0.39 is 43.2 Å². The summed E-state index contributed by atoms with van der Waals surface area (Å²) in [6.07, 6.45) is 6.68. The molecule has 14 heteroatoms. The molecule has 1 saturated carbocycles. The maximum absolute atomic E-state index is 14.0. The fourth-order valence-electron chi connectivity index (χ4n) is 4.07. The van der Waals surface area contributed by atoms with Crippen LogP contribution < -0.4 is 10.8 Å². The summed E-state index contributed by atoms with van der Waals surface area (Å²) in [5.41, 5.74) is 5.42. The number of nitrogens with one attached hydrogen (secondary N) is 1. The molecule has 216 valence electrons. The molecule has 3 rings (SSSR count). The molecule has 2 aromatic heterocycles. The van der Waals surface area contributed by atoms with Gasteiger partial charge in [-0.1, -0.05) is 13.3 Å². The van der Waals surface area contributed by atoms with Crippen LogP contribution in [0.2, 0.25) is 0 Å². The van der Waals surface area contributed by atoms with Crippen LogP contribution in [0.15, 0.2) is 25.0 Å². The molecule has 13 nitrogen and oxygen atoms in total. The van der Waals surface area contributed by atoms with Crippen LogP contribution in [0.5, 0.6) is 0 Å². The van der Waals surface area contributed by atoms with Crippen LogP contribution in [-0.2, 0) is 39.4 Å². The molecule has 0 radical (unpaired) electrons. The molecule has 0 unspecified atom stereocenters. The lowest BCUT2D eigenvalue weighted by molar-refractivity contribution is -0.149. The number of aromatic nitrogens is 4. The Hall–Kier alpha value is -3.02. The van der Waals surface area contributed by atoms with Crippen LogP contribution in [0.25, 0.3) is 11.2 Å². The number of hydrogen-bond acceptors (Lipinski definition) is 11. The Bertz CT molecular complexity index is 1210. The van der Waals surface area contributed by atoms with Crippen molar-refractivity contribution < 1.29 is 32.9 Å². The average Bonchev–Trinajstić information content (AvgIpc) is 3.53. The molecule has 2 heterocycles. The molecule has 0 saturated heterocycles. The summed E-state index contributed by atoms with van der Waals surface area (Å²) in [7, 11) is -4.03. The van der Waals surface area contributed by atoms with Crippen molar-refractivity contribution in [3.63, 3.8) is 0 Å². The van der Waals surface area contributed by atoms with Crippen molar-refractivity contribution in [2.24, 2.45) is 0 Å². The highest BCUT2D eigenvalue weighted by Crippen LogP contribution is 2.47. The van der Waals surface area contributed by atoms with Crippen molar-refractivity contribution in [2.45, 2.75) is 90.5 Å². The predicted octanol–water partition coefficient (Wildman–Crippen LogP) is 3.69. The zero-order valence-corrected chi connectivity index (χ0v) is 23.9. The third kappa shape index (κ3) is 8.48. The number of nitrogen functional groups attached to an aromatic ring is 1. The number of nitrogens with two attached hydrogens (primary N) is 1. The maximum Gasteiger partial charge on any atom is 0.373 e. The fourth-order valence-corrected chi connectivity index (χ4v) is 6.06. The summed E-state index contributed by atoms with van der Waals surface area (Å²) in [4.78, 5) is 37.7. The Balaban J connectivity index is 1.70. The second-order valence-electron chi connectivity index (χ2n) is 10.2. The van der Waals surface area contributed by atoms with Gasteiger partial charge < -0.3 is 29.0 Å². The third-order valence-electron chi connectivity index (χ3n) is 6.16. The molecular formula is C25H39N6O7P. The van der Waals surface area contributed by atoms with Gasteiger partial charge in [-0.2, -0.15) is 0 Å². The lowest BCUT2D eigenvalue weighted by Crippen LogP contribution is -2.47. The van der Waals surface area contributed by atoms with E-state index in [2.05, 4.69) is 26.6 Å². The first-order valence-electron chi connectivity index (χ1n) is 13.1. The molecule has 39 heavy (non-hydrogen) atoms. The fraction of sp³-hybridized carbons (Fsp3) is 0.640. The SMILES string of the molecule is C=C(O[P@](=O)(CO[C@H](C)Cn1cnc2c(N)ncnc21)NC(C)(C)C(=O)OCCCC)C(=O)OC1CCCC1. The molecule has 0 aliphatic heterocycles. The second kappa shape index (κ2) is 13.4. The first-order chi connectivity index (χ1) is 18.4. The summed E-state index contributed by atoms with van der Waals surface area (Å²) < 4.78 is 37.9. The minimum absolute atomic E-state index is 0.227. The van der Waals surface area contributed by atoms with Crippen LogP contribution in [0.4, 0.5) is 5.82 Å². The van der Waals surface area contributed by atoms with Crippen molar-refractivity contribution in [2.75, 3.05) is 18.7 Å². The molecule has 0 aromatic carbocycles. The highest BCUT2D eigenvalue weighted by atomic mass is 31.2. The van der Waals surface area contributed by atoms with Crippen molar-refractivity contribution in [1.82, 2.24) is 24.6 Å². The Labute approximate surface area is 228 Å². The highest BCUT2D eigenvalue weighted by molar-refractivity contribution is 7.56. The second-order valence-corrected chi connectivity index (χ2v) is 12.2. The quantitative estimate of drug-likeness (QED) is 0.106. The van der Waals surface area contributed by atoms with Crippen LogP contribution in [-0.4, -0.2) is 62.2 Å². The predicted molar refractivity (Wildman–Crippen MR) is 144 cm³/mol. The number of rotatable bonds is 15. The van der Waals surface area contributed by atoms with Crippen molar-refractivity contribution >= 4 is 36.4 Å². The Kier molecular flexibility index (Phi) is 10.5. The first kappa shape index (κ1) is 30.5. The molecule has 0 amide bonds. The number of nitrogens with zero attached hydrogens (tertiary/aromatic N) is 4. The number of carbonyl (C=O) groups excluding carboxylic acids is 2. The number of carbonyl (C=O) groups is 2. The van der Waals surface area contributed by atoms with Gasteiger partial charge in [-0.15, -0.1) is 0 Å². The van der Waals surface area contributed by atoms with E-state index in [1.807, 2.05) is 6.92 Å². The minimum Gasteiger partial charge on any atom is -0.464 e. The van der Waals surface area contributed by atoms with Crippen molar-refractivity contribution in [1.29, 1.82) is 0 Å². The van der Waals surface area contributed by atoms with E-state index in [-0.39, 0.29) is 18.5 Å². The third-order valence-corrected chi connectivity index (χ3v) is 8.07. The van der Waals surface area contributed by atoms with Crippen LogP contribution in [0.3, 0.4) is 0 Å². The van der Waals surface area contributed by atoms with E-state index in [1.54, 1.807) is 17.8 Å². The topological polar surface area (TPSA) is 170 Å². The molecule has 2 aromatic rings. The maximum atomic E-state index is 14.0. The number of fused-ring (bicyclic) bond motifs is 1. The van der Waals surface area contributed by atoms with Gasteiger partial charge in [-0.25, -0.2) is 24.8 Å². The van der Waals surface area contributed by atoms with Gasteiger partial charge in [-0.05, 0) is 59.5 Å². The molecule has 1 aliphatic carbocycles. The smallest absolute Gasteiger partial charge is 0.373 e. The lowest BCUT2D eigenvalue weighted by atomic mass is 10.1. The number of ether oxygens (including phenoxy) is 3. The Morgan fingerprint density at radius 1 is 1.28 bits per heavy atom. The van der Waals surface area contributed by atoms with Gasteiger partial charge in [0.1, 0.15) is 29.8 Å². The lowest BCUT2D eigenvalue weighted by Gasteiger charge is -2.30. The Morgan fingerprint density at radius 2 is 2.00 bits per heavy atom.